The molecule has 0 aromatic heterocycles. The highest BCUT2D eigenvalue weighted by Gasteiger charge is 2.72. The fourth-order valence-corrected chi connectivity index (χ4v) is 5.67. The molecular weight excluding hydrogens is 384 g/mol. The van der Waals surface area contributed by atoms with E-state index in [0.29, 0.717) is 0 Å². The number of nitrogens with two attached hydrogens (primary N) is 1. The van der Waals surface area contributed by atoms with E-state index in [9.17, 15) is 4.79 Å². The number of nitrogens with one attached hydrogen (secondary N) is 1. The van der Waals surface area contributed by atoms with E-state index in [1.54, 1.807) is 7.11 Å². The summed E-state index contributed by atoms with van der Waals surface area (Å²) in [6.07, 6.45) is 7.68. The first-order chi connectivity index (χ1) is 14.3. The van der Waals surface area contributed by atoms with Crippen molar-refractivity contribution in [2.45, 2.75) is 107 Å². The number of hydrogen-bond acceptors (Lipinski definition) is 6. The quantitative estimate of drug-likeness (QED) is 0.504. The summed E-state index contributed by atoms with van der Waals surface area (Å²) in [5.41, 5.74) is 6.74. The third-order valence-corrected chi connectivity index (χ3v) is 7.59. The number of hydrogen-bond donors (Lipinski definition) is 2. The monoisotopic (exact) mass is 422 g/mol. The van der Waals surface area contributed by atoms with E-state index in [1.165, 1.54) is 5.57 Å². The molecule has 7 nitrogen and oxygen atoms in total. The number of methoxy groups -OCH3 is 1. The van der Waals surface area contributed by atoms with Gasteiger partial charge in [-0.3, -0.25) is 0 Å². The SMILES string of the molecule is COC1C(OC(=O)N[C@H]2CC[C@@H](N)CC2)CC[C@]2(CO2)C1[C@@]1(C)O[C@@H]1CC=C(C)C. The van der Waals surface area contributed by atoms with Crippen LogP contribution in [0.1, 0.15) is 65.7 Å². The summed E-state index contributed by atoms with van der Waals surface area (Å²) in [5.74, 6) is 0.0461. The van der Waals surface area contributed by atoms with Gasteiger partial charge in [0, 0.05) is 19.2 Å². The molecule has 3 N–H and O–H groups in total. The van der Waals surface area contributed by atoms with Crippen LogP contribution in [0.4, 0.5) is 4.79 Å². The molecule has 4 aliphatic rings. The van der Waals surface area contributed by atoms with Crippen molar-refractivity contribution < 1.29 is 23.7 Å². The topological polar surface area (TPSA) is 98.6 Å². The zero-order valence-corrected chi connectivity index (χ0v) is 18.8. The van der Waals surface area contributed by atoms with Crippen molar-refractivity contribution in [1.29, 1.82) is 0 Å². The molecular formula is C23H38N2O5. The standard InChI is InChI=1S/C23H38N2O5/c1-14(2)5-10-18-22(3,30-18)20-19(27-4)17(11-12-23(20)13-28-23)29-21(26)25-16-8-6-15(24)7-9-16/h5,15-20H,6-13,24H2,1-4H3,(H,25,26)/t15-,16+,17?,18-,19?,20?,22+,23+/m1/s1. The molecule has 2 aliphatic carbocycles. The summed E-state index contributed by atoms with van der Waals surface area (Å²) in [5, 5.41) is 3.04. The minimum atomic E-state index is -0.350. The van der Waals surface area contributed by atoms with E-state index < -0.39 is 0 Å². The number of allylic oxidation sites excluding steroid dienone is 1. The zero-order valence-electron chi connectivity index (χ0n) is 18.8. The van der Waals surface area contributed by atoms with E-state index in [0.717, 1.165) is 51.6 Å². The Balaban J connectivity index is 1.40. The van der Waals surface area contributed by atoms with Crippen LogP contribution in [-0.2, 0) is 18.9 Å². The molecule has 6 atom stereocenters. The van der Waals surface area contributed by atoms with Gasteiger partial charge in [0.25, 0.3) is 0 Å². The second-order valence-corrected chi connectivity index (χ2v) is 10.1. The van der Waals surface area contributed by atoms with Crippen molar-refractivity contribution in [3.05, 3.63) is 11.6 Å². The maximum absolute atomic E-state index is 12.6. The highest BCUT2D eigenvalue weighted by atomic mass is 16.6. The first kappa shape index (κ1) is 22.1. The molecule has 0 aromatic rings. The predicted octanol–water partition coefficient (Wildman–Crippen LogP) is 3.06. The number of epoxide rings is 2. The Labute approximate surface area is 180 Å². The maximum atomic E-state index is 12.6. The molecule has 0 radical (unpaired) electrons. The molecule has 2 aliphatic heterocycles. The Bertz CT molecular complexity index is 667. The van der Waals surface area contributed by atoms with Crippen LogP contribution in [0.25, 0.3) is 0 Å². The molecule has 3 unspecified atom stereocenters. The van der Waals surface area contributed by atoms with Crippen LogP contribution in [0.15, 0.2) is 11.6 Å². The van der Waals surface area contributed by atoms with Crippen LogP contribution in [-0.4, -0.2) is 61.4 Å². The van der Waals surface area contributed by atoms with Crippen LogP contribution in [0.2, 0.25) is 0 Å². The molecule has 30 heavy (non-hydrogen) atoms. The highest BCUT2D eigenvalue weighted by molar-refractivity contribution is 5.68. The maximum Gasteiger partial charge on any atom is 0.407 e. The van der Waals surface area contributed by atoms with Gasteiger partial charge in [-0.05, 0) is 65.7 Å². The lowest BCUT2D eigenvalue weighted by Gasteiger charge is -2.42. The summed E-state index contributed by atoms with van der Waals surface area (Å²) in [7, 11) is 1.70. The minimum absolute atomic E-state index is 0.0461. The van der Waals surface area contributed by atoms with Crippen molar-refractivity contribution >= 4 is 6.09 Å². The van der Waals surface area contributed by atoms with Gasteiger partial charge in [0.1, 0.15) is 23.4 Å². The van der Waals surface area contributed by atoms with E-state index in [-0.39, 0.29) is 53.6 Å². The van der Waals surface area contributed by atoms with E-state index in [4.69, 9.17) is 24.7 Å². The van der Waals surface area contributed by atoms with Crippen LogP contribution >= 0.6 is 0 Å². The third kappa shape index (κ3) is 4.40. The van der Waals surface area contributed by atoms with Gasteiger partial charge in [-0.1, -0.05) is 11.6 Å². The Morgan fingerprint density at radius 3 is 2.53 bits per heavy atom. The van der Waals surface area contributed by atoms with Crippen molar-refractivity contribution in [2.24, 2.45) is 11.7 Å². The van der Waals surface area contributed by atoms with Gasteiger partial charge >= 0.3 is 6.09 Å². The number of ether oxygens (including phenoxy) is 4. The summed E-state index contributed by atoms with van der Waals surface area (Å²) in [6.45, 7) is 7.09. The van der Waals surface area contributed by atoms with Crippen molar-refractivity contribution in [3.8, 4) is 0 Å². The first-order valence-corrected chi connectivity index (χ1v) is 11.5. The molecule has 0 aromatic carbocycles. The second-order valence-electron chi connectivity index (χ2n) is 10.1. The molecule has 4 fully saturated rings. The predicted molar refractivity (Wildman–Crippen MR) is 113 cm³/mol. The van der Waals surface area contributed by atoms with E-state index in [1.807, 2.05) is 0 Å². The zero-order chi connectivity index (χ0) is 21.5. The van der Waals surface area contributed by atoms with Crippen LogP contribution in [0.3, 0.4) is 0 Å². The molecule has 2 heterocycles. The van der Waals surface area contributed by atoms with Crippen LogP contribution in [0.5, 0.6) is 0 Å². The van der Waals surface area contributed by atoms with Gasteiger partial charge in [0.15, 0.2) is 0 Å². The van der Waals surface area contributed by atoms with Gasteiger partial charge in [-0.25, -0.2) is 4.79 Å². The Morgan fingerprint density at radius 1 is 1.23 bits per heavy atom. The van der Waals surface area contributed by atoms with Gasteiger partial charge in [-0.15, -0.1) is 0 Å². The van der Waals surface area contributed by atoms with Crippen LogP contribution in [0, 0.1) is 5.92 Å². The lowest BCUT2D eigenvalue weighted by molar-refractivity contribution is -0.118. The second kappa shape index (κ2) is 8.41. The minimum Gasteiger partial charge on any atom is -0.443 e. The van der Waals surface area contributed by atoms with Crippen LogP contribution < -0.4 is 11.1 Å². The molecule has 7 heteroatoms. The fourth-order valence-electron chi connectivity index (χ4n) is 5.67. The number of amides is 1. The number of carbonyl (C=O) groups excluding carboxylic acids is 1. The molecule has 170 valence electrons. The van der Waals surface area contributed by atoms with Gasteiger partial charge in [0.05, 0.1) is 18.6 Å². The van der Waals surface area contributed by atoms with E-state index >= 15 is 0 Å². The summed E-state index contributed by atoms with van der Waals surface area (Å²) < 4.78 is 24.0. The lowest BCUT2D eigenvalue weighted by Crippen LogP contribution is -2.56. The average molecular weight is 423 g/mol. The number of alkyl carbamates (subject to hydrolysis) is 1. The summed E-state index contributed by atoms with van der Waals surface area (Å²) in [4.78, 5) is 12.6. The van der Waals surface area contributed by atoms with Gasteiger partial charge in [0.2, 0.25) is 0 Å². The number of carbonyl (C=O) groups is 1. The molecule has 1 amide bonds. The smallest absolute Gasteiger partial charge is 0.407 e. The molecule has 0 bridgehead atoms. The molecule has 2 saturated heterocycles. The molecule has 1 spiro atoms. The molecule has 2 saturated carbocycles. The van der Waals surface area contributed by atoms with Gasteiger partial charge < -0.3 is 30.0 Å². The van der Waals surface area contributed by atoms with Crippen molar-refractivity contribution in [1.82, 2.24) is 5.32 Å². The Hall–Kier alpha value is -1.15. The Kier molecular flexibility index (Phi) is 6.19. The lowest BCUT2D eigenvalue weighted by atomic mass is 9.68. The average Bonchev–Trinajstić information content (AvgIpc) is 3.61. The van der Waals surface area contributed by atoms with Crippen molar-refractivity contribution in [2.75, 3.05) is 13.7 Å². The molecule has 4 rings (SSSR count). The first-order valence-electron chi connectivity index (χ1n) is 11.5. The summed E-state index contributed by atoms with van der Waals surface area (Å²) >= 11 is 0. The normalized spacial score (nSPS) is 45.0. The van der Waals surface area contributed by atoms with Gasteiger partial charge in [-0.2, -0.15) is 0 Å². The summed E-state index contributed by atoms with van der Waals surface area (Å²) in [6, 6.07) is 0.401. The van der Waals surface area contributed by atoms with E-state index in [2.05, 4.69) is 32.2 Å². The number of rotatable bonds is 6. The fraction of sp³-hybridized carbons (Fsp3) is 0.870. The third-order valence-electron chi connectivity index (χ3n) is 7.59. The largest absolute Gasteiger partial charge is 0.443 e. The Morgan fingerprint density at radius 2 is 1.93 bits per heavy atom. The van der Waals surface area contributed by atoms with Crippen molar-refractivity contribution in [3.63, 3.8) is 0 Å². The highest BCUT2D eigenvalue weighted by Crippen LogP contribution is 2.59.